The van der Waals surface area contributed by atoms with E-state index in [1.807, 2.05) is 13.0 Å². The molecule has 0 saturated heterocycles. The molecule has 3 nitrogen and oxygen atoms in total. The number of halogens is 1. The summed E-state index contributed by atoms with van der Waals surface area (Å²) in [5, 5.41) is 0.651. The Morgan fingerprint density at radius 2 is 1.89 bits per heavy atom. The molecular weight excluding hydrogens is 249 g/mol. The number of benzene rings is 1. The van der Waals surface area contributed by atoms with Crippen molar-refractivity contribution in [1.82, 2.24) is 9.97 Å². The van der Waals surface area contributed by atoms with Gasteiger partial charge < -0.3 is 5.73 Å². The molecule has 5 heteroatoms. The second-order valence-corrected chi connectivity index (χ2v) is 4.87. The summed E-state index contributed by atoms with van der Waals surface area (Å²) in [5.74, 6) is 0.280. The lowest BCUT2D eigenvalue weighted by molar-refractivity contribution is 0.600. The summed E-state index contributed by atoms with van der Waals surface area (Å²) in [6.07, 6.45) is 3.50. The van der Waals surface area contributed by atoms with Gasteiger partial charge >= 0.3 is 0 Å². The van der Waals surface area contributed by atoms with E-state index < -0.39 is 0 Å². The van der Waals surface area contributed by atoms with Crippen LogP contribution in [0, 0.1) is 12.7 Å². The Balaban J connectivity index is 2.08. The highest BCUT2D eigenvalue weighted by Crippen LogP contribution is 2.22. The van der Waals surface area contributed by atoms with Gasteiger partial charge in [-0.15, -0.1) is 0 Å². The smallest absolute Gasteiger partial charge is 0.187 e. The van der Waals surface area contributed by atoms with Crippen LogP contribution in [0.15, 0.2) is 35.7 Å². The van der Waals surface area contributed by atoms with E-state index in [1.165, 1.54) is 11.8 Å². The van der Waals surface area contributed by atoms with E-state index in [4.69, 9.17) is 5.73 Å². The Kier molecular flexibility index (Phi) is 4.28. The van der Waals surface area contributed by atoms with Gasteiger partial charge in [-0.3, -0.25) is 0 Å². The third kappa shape index (κ3) is 3.05. The molecule has 1 heterocycles. The van der Waals surface area contributed by atoms with Crippen LogP contribution < -0.4 is 5.73 Å². The normalized spacial score (nSPS) is 10.6. The van der Waals surface area contributed by atoms with Gasteiger partial charge in [-0.2, -0.15) is 0 Å². The van der Waals surface area contributed by atoms with Crippen molar-refractivity contribution in [2.45, 2.75) is 24.4 Å². The molecule has 0 aliphatic rings. The van der Waals surface area contributed by atoms with E-state index in [9.17, 15) is 4.39 Å². The number of nitrogens with zero attached hydrogens (tertiary/aromatic N) is 2. The number of nitrogens with two attached hydrogens (primary N) is 1. The fourth-order valence-corrected chi connectivity index (χ4v) is 2.26. The maximum Gasteiger partial charge on any atom is 0.187 e. The highest BCUT2D eigenvalue weighted by molar-refractivity contribution is 7.98. The number of aromatic nitrogens is 2. The maximum absolute atomic E-state index is 13.9. The zero-order valence-corrected chi connectivity index (χ0v) is 10.9. The molecule has 94 valence electrons. The fourth-order valence-electron chi connectivity index (χ4n) is 1.50. The van der Waals surface area contributed by atoms with Crippen LogP contribution in [0.2, 0.25) is 0 Å². The van der Waals surface area contributed by atoms with Crippen molar-refractivity contribution in [2.75, 3.05) is 0 Å². The van der Waals surface area contributed by atoms with Gasteiger partial charge in [0, 0.05) is 30.3 Å². The van der Waals surface area contributed by atoms with Crippen molar-refractivity contribution in [3.8, 4) is 0 Å². The van der Waals surface area contributed by atoms with Crippen LogP contribution in [0.1, 0.15) is 16.7 Å². The molecule has 0 aliphatic carbocycles. The lowest BCUT2D eigenvalue weighted by Crippen LogP contribution is -2.02. The van der Waals surface area contributed by atoms with E-state index in [1.54, 1.807) is 24.5 Å². The molecule has 0 aliphatic heterocycles. The molecule has 0 atom stereocenters. The molecule has 2 N–H and O–H groups in total. The van der Waals surface area contributed by atoms with Crippen LogP contribution in [0.5, 0.6) is 0 Å². The number of aryl methyl sites for hydroxylation is 1. The summed E-state index contributed by atoms with van der Waals surface area (Å²) in [4.78, 5) is 8.34. The Morgan fingerprint density at radius 1 is 1.22 bits per heavy atom. The van der Waals surface area contributed by atoms with Crippen LogP contribution in [0.25, 0.3) is 0 Å². The highest BCUT2D eigenvalue weighted by Gasteiger charge is 2.07. The van der Waals surface area contributed by atoms with Gasteiger partial charge in [0.05, 0.1) is 0 Å². The van der Waals surface area contributed by atoms with Gasteiger partial charge in [0.15, 0.2) is 5.16 Å². The molecule has 0 spiro atoms. The first-order valence-electron chi connectivity index (χ1n) is 5.58. The maximum atomic E-state index is 13.9. The number of rotatable bonds is 4. The summed E-state index contributed by atoms with van der Waals surface area (Å²) in [5.41, 5.74) is 7.65. The van der Waals surface area contributed by atoms with Gasteiger partial charge in [-0.05, 0) is 18.1 Å². The minimum atomic E-state index is -0.223. The van der Waals surface area contributed by atoms with E-state index in [0.717, 1.165) is 5.56 Å². The molecule has 2 rings (SSSR count). The van der Waals surface area contributed by atoms with Crippen molar-refractivity contribution >= 4 is 11.8 Å². The zero-order chi connectivity index (χ0) is 13.0. The average Bonchev–Trinajstić information content (AvgIpc) is 2.39. The molecule has 0 amide bonds. The highest BCUT2D eigenvalue weighted by atomic mass is 32.2. The number of hydrogen-bond acceptors (Lipinski definition) is 4. The number of hydrogen-bond donors (Lipinski definition) is 1. The first kappa shape index (κ1) is 13.0. The van der Waals surface area contributed by atoms with Gasteiger partial charge in [-0.25, -0.2) is 14.4 Å². The Hall–Kier alpha value is -1.46. The Bertz CT molecular complexity index is 528. The van der Waals surface area contributed by atoms with Crippen LogP contribution in [-0.4, -0.2) is 9.97 Å². The molecule has 1 aromatic carbocycles. The summed E-state index contributed by atoms with van der Waals surface area (Å²) in [7, 11) is 0. The standard InChI is InChI=1S/C13H14FN3S/c1-9-6-16-13(17-7-9)18-8-11-4-2-3-10(5-15)12(11)14/h2-4,6-7H,5,8,15H2,1H3. The lowest BCUT2D eigenvalue weighted by atomic mass is 10.1. The fraction of sp³-hybridized carbons (Fsp3) is 0.231. The Morgan fingerprint density at radius 3 is 2.56 bits per heavy atom. The van der Waals surface area contributed by atoms with Gasteiger partial charge in [-0.1, -0.05) is 30.0 Å². The van der Waals surface area contributed by atoms with Crippen molar-refractivity contribution in [3.05, 3.63) is 53.1 Å². The predicted octanol–water partition coefficient (Wildman–Crippen LogP) is 2.68. The molecule has 2 aromatic rings. The van der Waals surface area contributed by atoms with Crippen molar-refractivity contribution in [2.24, 2.45) is 5.73 Å². The third-order valence-electron chi connectivity index (χ3n) is 2.49. The molecular formula is C13H14FN3S. The summed E-state index contributed by atoms with van der Waals surface area (Å²) >= 11 is 1.41. The van der Waals surface area contributed by atoms with Gasteiger partial charge in [0.25, 0.3) is 0 Å². The van der Waals surface area contributed by atoms with E-state index in [0.29, 0.717) is 22.0 Å². The molecule has 0 bridgehead atoms. The van der Waals surface area contributed by atoms with Crippen LogP contribution >= 0.6 is 11.8 Å². The number of thioether (sulfide) groups is 1. The van der Waals surface area contributed by atoms with Gasteiger partial charge in [0.1, 0.15) is 5.82 Å². The minimum Gasteiger partial charge on any atom is -0.326 e. The first-order valence-corrected chi connectivity index (χ1v) is 6.57. The Labute approximate surface area is 110 Å². The first-order chi connectivity index (χ1) is 8.70. The van der Waals surface area contributed by atoms with E-state index in [-0.39, 0.29) is 12.4 Å². The van der Waals surface area contributed by atoms with Crippen molar-refractivity contribution in [1.29, 1.82) is 0 Å². The van der Waals surface area contributed by atoms with Crippen LogP contribution in [-0.2, 0) is 12.3 Å². The second kappa shape index (κ2) is 5.93. The summed E-state index contributed by atoms with van der Waals surface area (Å²) in [6, 6.07) is 5.28. The molecule has 0 radical (unpaired) electrons. The molecule has 0 fully saturated rings. The average molecular weight is 263 g/mol. The molecule has 1 aromatic heterocycles. The summed E-state index contributed by atoms with van der Waals surface area (Å²) < 4.78 is 13.9. The minimum absolute atomic E-state index is 0.214. The second-order valence-electron chi connectivity index (χ2n) is 3.93. The van der Waals surface area contributed by atoms with Gasteiger partial charge in [0.2, 0.25) is 0 Å². The SMILES string of the molecule is Cc1cnc(SCc2cccc(CN)c2F)nc1. The summed E-state index contributed by atoms with van der Waals surface area (Å²) in [6.45, 7) is 2.14. The zero-order valence-electron chi connectivity index (χ0n) is 10.1. The predicted molar refractivity (Wildman–Crippen MR) is 70.6 cm³/mol. The molecule has 18 heavy (non-hydrogen) atoms. The van der Waals surface area contributed by atoms with Crippen LogP contribution in [0.3, 0.4) is 0 Å². The van der Waals surface area contributed by atoms with Crippen molar-refractivity contribution < 1.29 is 4.39 Å². The van der Waals surface area contributed by atoms with E-state index in [2.05, 4.69) is 9.97 Å². The topological polar surface area (TPSA) is 51.8 Å². The lowest BCUT2D eigenvalue weighted by Gasteiger charge is -2.06. The largest absolute Gasteiger partial charge is 0.326 e. The molecule has 0 unspecified atom stereocenters. The monoisotopic (exact) mass is 263 g/mol. The van der Waals surface area contributed by atoms with Crippen molar-refractivity contribution in [3.63, 3.8) is 0 Å². The third-order valence-corrected chi connectivity index (χ3v) is 3.42. The quantitative estimate of drug-likeness (QED) is 0.680. The molecule has 0 saturated carbocycles. The van der Waals surface area contributed by atoms with Crippen LogP contribution in [0.4, 0.5) is 4.39 Å². The van der Waals surface area contributed by atoms with E-state index >= 15 is 0 Å².